The number of carbonyl (C=O) groups is 2. The Kier molecular flexibility index (Phi) is 6.24. The molecular weight excluding hydrogens is 420 g/mol. The maximum Gasteiger partial charge on any atom is 0.257 e. The average molecular weight is 443 g/mol. The summed E-state index contributed by atoms with van der Waals surface area (Å²) in [5.74, 6) is 0.164. The molecule has 0 aliphatic carbocycles. The van der Waals surface area contributed by atoms with Crippen molar-refractivity contribution in [3.05, 3.63) is 52.1 Å². The highest BCUT2D eigenvalue weighted by Gasteiger charge is 2.19. The zero-order valence-corrected chi connectivity index (χ0v) is 17.9. The van der Waals surface area contributed by atoms with Gasteiger partial charge in [-0.05, 0) is 48.1 Å². The summed E-state index contributed by atoms with van der Waals surface area (Å²) in [4.78, 5) is 27.6. The predicted octanol–water partition coefficient (Wildman–Crippen LogP) is 2.66. The fraction of sp³-hybridized carbons (Fsp3) is 0.300. The quantitative estimate of drug-likeness (QED) is 0.403. The third kappa shape index (κ3) is 4.60. The molecule has 0 fully saturated rings. The van der Waals surface area contributed by atoms with Gasteiger partial charge in [-0.3, -0.25) is 30.1 Å². The number of rotatable bonds is 6. The summed E-state index contributed by atoms with van der Waals surface area (Å²) < 4.78 is 2.24. The Morgan fingerprint density at radius 1 is 1.17 bits per heavy atom. The highest BCUT2D eigenvalue weighted by atomic mass is 32.1. The summed E-state index contributed by atoms with van der Waals surface area (Å²) in [7, 11) is 0. The van der Waals surface area contributed by atoms with Gasteiger partial charge in [0, 0.05) is 25.2 Å². The molecule has 4 rings (SSSR count). The van der Waals surface area contributed by atoms with Gasteiger partial charge in [0.1, 0.15) is 0 Å². The van der Waals surface area contributed by atoms with Crippen LogP contribution < -0.4 is 15.8 Å². The van der Waals surface area contributed by atoms with Crippen molar-refractivity contribution in [3.8, 4) is 10.7 Å². The lowest BCUT2D eigenvalue weighted by molar-refractivity contribution is -0.128. The van der Waals surface area contributed by atoms with Crippen LogP contribution >= 0.6 is 23.6 Å². The zero-order chi connectivity index (χ0) is 20.9. The fourth-order valence-electron chi connectivity index (χ4n) is 3.52. The first-order valence-corrected chi connectivity index (χ1v) is 11.0. The van der Waals surface area contributed by atoms with Crippen molar-refractivity contribution in [2.24, 2.45) is 0 Å². The average Bonchev–Trinajstić information content (AvgIpc) is 3.41. The maximum atomic E-state index is 12.3. The lowest BCUT2D eigenvalue weighted by atomic mass is 10.0. The van der Waals surface area contributed by atoms with Crippen molar-refractivity contribution in [1.82, 2.24) is 25.6 Å². The third-order valence-electron chi connectivity index (χ3n) is 4.94. The number of para-hydroxylation sites is 1. The number of anilines is 1. The minimum Gasteiger partial charge on any atom is -0.362 e. The molecule has 3 heterocycles. The smallest absolute Gasteiger partial charge is 0.257 e. The second-order valence-corrected chi connectivity index (χ2v) is 8.32. The van der Waals surface area contributed by atoms with E-state index >= 15 is 0 Å². The van der Waals surface area contributed by atoms with Crippen LogP contribution in [0.3, 0.4) is 0 Å². The van der Waals surface area contributed by atoms with E-state index in [1.807, 2.05) is 40.6 Å². The molecule has 0 saturated carbocycles. The van der Waals surface area contributed by atoms with E-state index in [2.05, 4.69) is 27.1 Å². The normalized spacial score (nSPS) is 13.0. The molecule has 0 bridgehead atoms. The molecule has 1 aromatic carbocycles. The van der Waals surface area contributed by atoms with Gasteiger partial charge < -0.3 is 4.90 Å². The molecular formula is C20H22N6O2S2. The summed E-state index contributed by atoms with van der Waals surface area (Å²) >= 11 is 6.82. The number of aromatic amines is 1. The Morgan fingerprint density at radius 2 is 2.00 bits per heavy atom. The van der Waals surface area contributed by atoms with E-state index in [4.69, 9.17) is 12.2 Å². The van der Waals surface area contributed by atoms with Gasteiger partial charge in [-0.1, -0.05) is 24.3 Å². The molecule has 156 valence electrons. The number of H-pyrrole nitrogens is 1. The number of amides is 2. The lowest BCUT2D eigenvalue weighted by Crippen LogP contribution is -2.47. The largest absolute Gasteiger partial charge is 0.362 e. The first-order valence-electron chi connectivity index (χ1n) is 9.71. The molecule has 1 aliphatic heterocycles. The molecule has 1 aliphatic rings. The summed E-state index contributed by atoms with van der Waals surface area (Å²) in [6.07, 6.45) is 2.20. The van der Waals surface area contributed by atoms with Crippen LogP contribution in [0.2, 0.25) is 0 Å². The Labute approximate surface area is 182 Å². The first kappa shape index (κ1) is 20.3. The second-order valence-electron chi connectivity index (χ2n) is 6.98. The zero-order valence-electron chi connectivity index (χ0n) is 16.3. The third-order valence-corrected chi connectivity index (χ3v) is 6.12. The van der Waals surface area contributed by atoms with E-state index in [-0.39, 0.29) is 24.8 Å². The minimum atomic E-state index is -0.289. The van der Waals surface area contributed by atoms with E-state index in [9.17, 15) is 9.59 Å². The number of nitrogens with one attached hydrogen (secondary N) is 3. The van der Waals surface area contributed by atoms with E-state index in [0.29, 0.717) is 17.1 Å². The minimum absolute atomic E-state index is 0.166. The molecule has 0 atom stereocenters. The Morgan fingerprint density at radius 3 is 2.83 bits per heavy atom. The number of benzene rings is 1. The van der Waals surface area contributed by atoms with E-state index < -0.39 is 0 Å². The molecule has 0 unspecified atom stereocenters. The number of fused-ring (bicyclic) bond motifs is 1. The fourth-order valence-corrected chi connectivity index (χ4v) is 4.47. The number of hydrogen-bond donors (Lipinski definition) is 3. The highest BCUT2D eigenvalue weighted by molar-refractivity contribution is 7.71. The highest BCUT2D eigenvalue weighted by Crippen LogP contribution is 2.26. The van der Waals surface area contributed by atoms with Crippen molar-refractivity contribution in [3.63, 3.8) is 0 Å². The number of nitrogens with zero attached hydrogens (tertiary/aromatic N) is 3. The summed E-state index contributed by atoms with van der Waals surface area (Å²) in [6.45, 7) is 1.39. The van der Waals surface area contributed by atoms with Crippen molar-refractivity contribution in [2.75, 3.05) is 18.0 Å². The van der Waals surface area contributed by atoms with Gasteiger partial charge in [0.2, 0.25) is 5.91 Å². The van der Waals surface area contributed by atoms with E-state index in [1.165, 1.54) is 5.56 Å². The molecule has 10 heteroatoms. The number of hydrogen-bond acceptors (Lipinski definition) is 6. The number of carbonyl (C=O) groups excluding carboxylic acids is 2. The van der Waals surface area contributed by atoms with Crippen LogP contribution in [-0.4, -0.2) is 39.7 Å². The number of hydrazine groups is 1. The number of aromatic nitrogens is 3. The summed E-state index contributed by atoms with van der Waals surface area (Å²) in [5, 5.41) is 8.97. The monoisotopic (exact) mass is 442 g/mol. The molecule has 0 spiro atoms. The number of thiophene rings is 1. The SMILES string of the molecule is O=C(CCn1c(-c2cccs2)n[nH]c1=S)NNC(=O)CN1CCCc2ccccc21. The van der Waals surface area contributed by atoms with Gasteiger partial charge in [-0.25, -0.2) is 0 Å². The van der Waals surface area contributed by atoms with Gasteiger partial charge in [0.05, 0.1) is 11.4 Å². The van der Waals surface area contributed by atoms with Gasteiger partial charge >= 0.3 is 0 Å². The van der Waals surface area contributed by atoms with Crippen molar-refractivity contribution in [2.45, 2.75) is 25.8 Å². The topological polar surface area (TPSA) is 95.0 Å². The van der Waals surface area contributed by atoms with Crippen LogP contribution in [0.5, 0.6) is 0 Å². The lowest BCUT2D eigenvalue weighted by Gasteiger charge is -2.30. The van der Waals surface area contributed by atoms with E-state index in [1.54, 1.807) is 15.9 Å². The van der Waals surface area contributed by atoms with Crippen molar-refractivity contribution in [1.29, 1.82) is 0 Å². The van der Waals surface area contributed by atoms with Crippen LogP contribution in [-0.2, 0) is 22.6 Å². The summed E-state index contributed by atoms with van der Waals surface area (Å²) in [5.41, 5.74) is 7.34. The number of aryl methyl sites for hydroxylation is 1. The molecule has 0 radical (unpaired) electrons. The molecule has 2 amide bonds. The maximum absolute atomic E-state index is 12.3. The van der Waals surface area contributed by atoms with Crippen molar-refractivity contribution < 1.29 is 9.59 Å². The Hall–Kier alpha value is -2.98. The van der Waals surface area contributed by atoms with Gasteiger partial charge in [-0.2, -0.15) is 5.10 Å². The van der Waals surface area contributed by atoms with Crippen LogP contribution in [0.25, 0.3) is 10.7 Å². The van der Waals surface area contributed by atoms with Crippen LogP contribution in [0.15, 0.2) is 41.8 Å². The van der Waals surface area contributed by atoms with Crippen LogP contribution in [0.4, 0.5) is 5.69 Å². The van der Waals surface area contributed by atoms with Crippen LogP contribution in [0, 0.1) is 4.77 Å². The van der Waals surface area contributed by atoms with Gasteiger partial charge in [0.15, 0.2) is 10.6 Å². The molecule has 30 heavy (non-hydrogen) atoms. The van der Waals surface area contributed by atoms with Gasteiger partial charge in [-0.15, -0.1) is 11.3 Å². The molecule has 8 nitrogen and oxygen atoms in total. The molecule has 0 saturated heterocycles. The van der Waals surface area contributed by atoms with E-state index in [0.717, 1.165) is 30.0 Å². The second kappa shape index (κ2) is 9.23. The van der Waals surface area contributed by atoms with Crippen molar-refractivity contribution >= 4 is 41.1 Å². The summed E-state index contributed by atoms with van der Waals surface area (Å²) in [6, 6.07) is 12.0. The Bertz CT molecular complexity index is 1090. The first-order chi connectivity index (χ1) is 14.6. The molecule has 3 aromatic rings. The van der Waals surface area contributed by atoms with Gasteiger partial charge in [0.25, 0.3) is 5.91 Å². The predicted molar refractivity (Wildman–Crippen MR) is 119 cm³/mol. The standard InChI is InChI=1S/C20H22N6O2S2/c27-17(9-11-26-19(23-24-20(26)29)16-8-4-12-30-16)21-22-18(28)13-25-10-3-6-14-5-1-2-7-15(14)25/h1-2,4-5,7-8,12H,3,6,9-11,13H2,(H,21,27)(H,22,28)(H,24,29). The van der Waals surface area contributed by atoms with Crippen LogP contribution in [0.1, 0.15) is 18.4 Å². The Balaban J connectivity index is 1.28. The molecule has 2 aromatic heterocycles. The molecule has 3 N–H and O–H groups in total.